The third-order valence-corrected chi connectivity index (χ3v) is 1.57. The van der Waals surface area contributed by atoms with E-state index in [0.717, 1.165) is 17.7 Å². The Morgan fingerprint density at radius 3 is 2.69 bits per heavy atom. The monoisotopic (exact) mass is 191 g/mol. The molecule has 74 valence electrons. The van der Waals surface area contributed by atoms with Crippen molar-refractivity contribution in [1.82, 2.24) is 9.78 Å². The van der Waals surface area contributed by atoms with Gasteiger partial charge in [0.1, 0.15) is 11.5 Å². The highest BCUT2D eigenvalue weighted by atomic mass is 19.3. The van der Waals surface area contributed by atoms with E-state index in [9.17, 15) is 8.78 Å². The Bertz CT molecular complexity index is 292. The number of nitrogens with two attached hydrogens (primary N) is 1. The lowest BCUT2D eigenvalue weighted by molar-refractivity contribution is 0.0119. The SMILES string of the molecule is CC(F)(F)c1cc(N)n(CCO)n1. The van der Waals surface area contributed by atoms with Gasteiger partial charge >= 0.3 is 0 Å². The third-order valence-electron chi connectivity index (χ3n) is 1.57. The molecular formula is C7H11F2N3O. The van der Waals surface area contributed by atoms with E-state index in [1.165, 1.54) is 0 Å². The Hall–Kier alpha value is -1.17. The fraction of sp³-hybridized carbons (Fsp3) is 0.571. The molecule has 0 fully saturated rings. The third kappa shape index (κ3) is 2.15. The first-order valence-corrected chi connectivity index (χ1v) is 3.77. The molecule has 1 rings (SSSR count). The van der Waals surface area contributed by atoms with E-state index < -0.39 is 5.92 Å². The number of rotatable bonds is 3. The molecule has 0 amide bonds. The highest BCUT2D eigenvalue weighted by Crippen LogP contribution is 2.26. The molecule has 13 heavy (non-hydrogen) atoms. The minimum absolute atomic E-state index is 0.127. The van der Waals surface area contributed by atoms with E-state index in [1.54, 1.807) is 0 Å². The number of anilines is 1. The number of aromatic nitrogens is 2. The van der Waals surface area contributed by atoms with Crippen LogP contribution in [0.15, 0.2) is 6.07 Å². The summed E-state index contributed by atoms with van der Waals surface area (Å²) in [5.74, 6) is -2.86. The maximum Gasteiger partial charge on any atom is 0.288 e. The van der Waals surface area contributed by atoms with Crippen molar-refractivity contribution < 1.29 is 13.9 Å². The summed E-state index contributed by atoms with van der Waals surface area (Å²) in [6.07, 6.45) is 0. The molecule has 1 aromatic rings. The molecule has 0 aliphatic rings. The van der Waals surface area contributed by atoms with Crippen molar-refractivity contribution in [3.8, 4) is 0 Å². The predicted octanol–water partition coefficient (Wildman–Crippen LogP) is 0.569. The highest BCUT2D eigenvalue weighted by molar-refractivity contribution is 5.32. The van der Waals surface area contributed by atoms with Crippen molar-refractivity contribution in [1.29, 1.82) is 0 Å². The zero-order valence-electron chi connectivity index (χ0n) is 7.17. The Morgan fingerprint density at radius 1 is 1.69 bits per heavy atom. The smallest absolute Gasteiger partial charge is 0.288 e. The number of hydrogen-bond donors (Lipinski definition) is 2. The summed E-state index contributed by atoms with van der Waals surface area (Å²) in [4.78, 5) is 0. The van der Waals surface area contributed by atoms with Gasteiger partial charge in [-0.3, -0.25) is 0 Å². The van der Waals surface area contributed by atoms with Crippen molar-refractivity contribution in [3.63, 3.8) is 0 Å². The molecule has 0 radical (unpaired) electrons. The molecular weight excluding hydrogens is 180 g/mol. The summed E-state index contributed by atoms with van der Waals surface area (Å²) < 4.78 is 26.5. The summed E-state index contributed by atoms with van der Waals surface area (Å²) in [7, 11) is 0. The number of hydrogen-bond acceptors (Lipinski definition) is 3. The van der Waals surface area contributed by atoms with E-state index >= 15 is 0 Å². The standard InChI is InChI=1S/C7H11F2N3O/c1-7(8,9)5-4-6(10)12(11-5)2-3-13/h4,13H,2-3,10H2,1H3. The molecule has 0 aliphatic heterocycles. The van der Waals surface area contributed by atoms with Crippen LogP contribution in [0.2, 0.25) is 0 Å². The van der Waals surface area contributed by atoms with E-state index in [4.69, 9.17) is 10.8 Å². The van der Waals surface area contributed by atoms with Crippen LogP contribution < -0.4 is 5.73 Å². The van der Waals surface area contributed by atoms with Gasteiger partial charge in [-0.1, -0.05) is 0 Å². The van der Waals surface area contributed by atoms with Gasteiger partial charge in [-0.2, -0.15) is 13.9 Å². The molecule has 1 heterocycles. The lowest BCUT2D eigenvalue weighted by Crippen LogP contribution is -2.11. The number of nitrogen functional groups attached to an aromatic ring is 1. The fourth-order valence-electron chi connectivity index (χ4n) is 0.920. The normalized spacial score (nSPS) is 12.0. The first-order valence-electron chi connectivity index (χ1n) is 3.77. The van der Waals surface area contributed by atoms with Crippen LogP contribution in [0.1, 0.15) is 12.6 Å². The second-order valence-electron chi connectivity index (χ2n) is 2.79. The molecule has 0 saturated heterocycles. The molecule has 4 nitrogen and oxygen atoms in total. The maximum atomic E-state index is 12.7. The van der Waals surface area contributed by atoms with Crippen molar-refractivity contribution >= 4 is 5.82 Å². The van der Waals surface area contributed by atoms with Crippen LogP contribution >= 0.6 is 0 Å². The first-order chi connectivity index (χ1) is 5.95. The minimum Gasteiger partial charge on any atom is -0.394 e. The van der Waals surface area contributed by atoms with Gasteiger partial charge in [0.15, 0.2) is 0 Å². The minimum atomic E-state index is -2.99. The Labute approximate surface area is 74.0 Å². The van der Waals surface area contributed by atoms with Crippen LogP contribution in [-0.2, 0) is 12.5 Å². The molecule has 0 spiro atoms. The number of nitrogens with zero attached hydrogens (tertiary/aromatic N) is 2. The maximum absolute atomic E-state index is 12.7. The van der Waals surface area contributed by atoms with Crippen LogP contribution in [0.3, 0.4) is 0 Å². The van der Waals surface area contributed by atoms with Crippen LogP contribution in [0.25, 0.3) is 0 Å². The molecule has 0 aliphatic carbocycles. The van der Waals surface area contributed by atoms with Crippen molar-refractivity contribution in [2.75, 3.05) is 12.3 Å². The Morgan fingerprint density at radius 2 is 2.31 bits per heavy atom. The van der Waals surface area contributed by atoms with Gasteiger partial charge in [0.25, 0.3) is 5.92 Å². The lowest BCUT2D eigenvalue weighted by Gasteiger charge is -2.04. The summed E-state index contributed by atoms with van der Waals surface area (Å²) >= 11 is 0. The summed E-state index contributed by atoms with van der Waals surface area (Å²) in [6.45, 7) is 0.695. The molecule has 6 heteroatoms. The molecule has 0 bridgehead atoms. The topological polar surface area (TPSA) is 64.1 Å². The molecule has 0 saturated carbocycles. The van der Waals surface area contributed by atoms with Crippen LogP contribution in [-0.4, -0.2) is 21.5 Å². The predicted molar refractivity (Wildman–Crippen MR) is 43.3 cm³/mol. The summed E-state index contributed by atoms with van der Waals surface area (Å²) in [5, 5.41) is 12.1. The van der Waals surface area contributed by atoms with Crippen molar-refractivity contribution in [3.05, 3.63) is 11.8 Å². The quantitative estimate of drug-likeness (QED) is 0.734. The number of halogens is 2. The van der Waals surface area contributed by atoms with Crippen molar-refractivity contribution in [2.45, 2.75) is 19.4 Å². The first kappa shape index (κ1) is 9.91. The second kappa shape index (κ2) is 3.29. The molecule has 1 aromatic heterocycles. The number of aliphatic hydroxyl groups excluding tert-OH is 1. The highest BCUT2D eigenvalue weighted by Gasteiger charge is 2.28. The van der Waals surface area contributed by atoms with Crippen molar-refractivity contribution in [2.24, 2.45) is 0 Å². The van der Waals surface area contributed by atoms with Crippen LogP contribution in [0.4, 0.5) is 14.6 Å². The van der Waals surface area contributed by atoms with Crippen LogP contribution in [0.5, 0.6) is 0 Å². The summed E-state index contributed by atoms with van der Waals surface area (Å²) in [6, 6.07) is 1.11. The molecule has 0 unspecified atom stereocenters. The van der Waals surface area contributed by atoms with E-state index in [1.807, 2.05) is 0 Å². The average molecular weight is 191 g/mol. The van der Waals surface area contributed by atoms with Gasteiger partial charge in [0.05, 0.1) is 13.2 Å². The van der Waals surface area contributed by atoms with Gasteiger partial charge in [-0.05, 0) is 0 Å². The largest absolute Gasteiger partial charge is 0.394 e. The van der Waals surface area contributed by atoms with Gasteiger partial charge in [-0.15, -0.1) is 0 Å². The summed E-state index contributed by atoms with van der Waals surface area (Å²) in [5.41, 5.74) is 5.00. The molecule has 3 N–H and O–H groups in total. The molecule has 0 atom stereocenters. The zero-order valence-corrected chi connectivity index (χ0v) is 7.17. The average Bonchev–Trinajstić information content (AvgIpc) is 2.32. The fourth-order valence-corrected chi connectivity index (χ4v) is 0.920. The van der Waals surface area contributed by atoms with Gasteiger partial charge < -0.3 is 10.8 Å². The van der Waals surface area contributed by atoms with Gasteiger partial charge in [-0.25, -0.2) is 4.68 Å². The second-order valence-corrected chi connectivity index (χ2v) is 2.79. The van der Waals surface area contributed by atoms with Gasteiger partial charge in [0, 0.05) is 13.0 Å². The Balaban J connectivity index is 2.95. The van der Waals surface area contributed by atoms with E-state index in [-0.39, 0.29) is 24.7 Å². The van der Waals surface area contributed by atoms with Crippen LogP contribution in [0, 0.1) is 0 Å². The van der Waals surface area contributed by atoms with Gasteiger partial charge in [0.2, 0.25) is 0 Å². The zero-order chi connectivity index (χ0) is 10.1. The number of aliphatic hydroxyl groups is 1. The van der Waals surface area contributed by atoms with E-state index in [0.29, 0.717) is 0 Å². The number of alkyl halides is 2. The van der Waals surface area contributed by atoms with E-state index in [2.05, 4.69) is 5.10 Å². The Kier molecular flexibility index (Phi) is 2.51. The lowest BCUT2D eigenvalue weighted by atomic mass is 10.3. The molecule has 0 aromatic carbocycles.